The van der Waals surface area contributed by atoms with Gasteiger partial charge in [-0.2, -0.15) is 0 Å². The molecular formula is C14H18N4. The third-order valence-electron chi connectivity index (χ3n) is 2.71. The van der Waals surface area contributed by atoms with E-state index in [-0.39, 0.29) is 6.04 Å². The molecule has 0 amide bonds. The summed E-state index contributed by atoms with van der Waals surface area (Å²) in [6, 6.07) is 6.11. The molecule has 0 aromatic carbocycles. The average Bonchev–Trinajstić information content (AvgIpc) is 2.27. The van der Waals surface area contributed by atoms with Crippen LogP contribution in [0.3, 0.4) is 0 Å². The quantitative estimate of drug-likeness (QED) is 0.899. The zero-order chi connectivity index (χ0) is 13.1. The number of pyridine rings is 1. The molecule has 2 rings (SSSR count). The number of hydrogen-bond acceptors (Lipinski definition) is 4. The summed E-state index contributed by atoms with van der Waals surface area (Å²) in [7, 11) is 0. The third-order valence-corrected chi connectivity index (χ3v) is 2.71. The Balaban J connectivity index is 2.18. The van der Waals surface area contributed by atoms with E-state index in [2.05, 4.69) is 40.2 Å². The second-order valence-corrected chi connectivity index (χ2v) is 4.60. The molecule has 2 aromatic rings. The van der Waals surface area contributed by atoms with Crippen LogP contribution < -0.4 is 5.32 Å². The number of nitrogens with zero attached hydrogens (tertiary/aromatic N) is 3. The van der Waals surface area contributed by atoms with E-state index >= 15 is 0 Å². The molecule has 0 fully saturated rings. The molecule has 0 radical (unpaired) electrons. The highest BCUT2D eigenvalue weighted by Crippen LogP contribution is 2.16. The van der Waals surface area contributed by atoms with Crippen LogP contribution in [0.25, 0.3) is 0 Å². The van der Waals surface area contributed by atoms with Crippen LogP contribution >= 0.6 is 0 Å². The first kappa shape index (κ1) is 12.5. The predicted molar refractivity (Wildman–Crippen MR) is 72.5 cm³/mol. The van der Waals surface area contributed by atoms with Crippen molar-refractivity contribution in [2.45, 2.75) is 33.7 Å². The maximum Gasteiger partial charge on any atom is 0.223 e. The number of aromatic nitrogens is 3. The van der Waals surface area contributed by atoms with Gasteiger partial charge in [-0.05, 0) is 51.5 Å². The molecule has 0 aliphatic heterocycles. The van der Waals surface area contributed by atoms with Crippen molar-refractivity contribution in [3.63, 3.8) is 0 Å². The molecule has 1 atom stereocenters. The molecule has 4 heteroatoms. The summed E-state index contributed by atoms with van der Waals surface area (Å²) >= 11 is 0. The van der Waals surface area contributed by atoms with Gasteiger partial charge >= 0.3 is 0 Å². The van der Waals surface area contributed by atoms with Crippen molar-refractivity contribution >= 4 is 5.95 Å². The Bertz CT molecular complexity index is 531. The van der Waals surface area contributed by atoms with Gasteiger partial charge in [-0.1, -0.05) is 0 Å². The molecule has 0 aliphatic carbocycles. The minimum atomic E-state index is 0.0890. The second-order valence-electron chi connectivity index (χ2n) is 4.60. The SMILES string of the molecule is Cc1ccnc(C(C)Nc2nc(C)cc(C)n2)c1. The lowest BCUT2D eigenvalue weighted by Crippen LogP contribution is -2.11. The van der Waals surface area contributed by atoms with Gasteiger partial charge in [0, 0.05) is 17.6 Å². The fraction of sp³-hybridized carbons (Fsp3) is 0.357. The van der Waals surface area contributed by atoms with Crippen molar-refractivity contribution in [1.82, 2.24) is 15.0 Å². The zero-order valence-corrected chi connectivity index (χ0v) is 11.2. The van der Waals surface area contributed by atoms with E-state index in [4.69, 9.17) is 0 Å². The molecule has 18 heavy (non-hydrogen) atoms. The topological polar surface area (TPSA) is 50.7 Å². The number of hydrogen-bond donors (Lipinski definition) is 1. The summed E-state index contributed by atoms with van der Waals surface area (Å²) < 4.78 is 0. The third kappa shape index (κ3) is 3.03. The van der Waals surface area contributed by atoms with E-state index in [1.807, 2.05) is 32.2 Å². The summed E-state index contributed by atoms with van der Waals surface area (Å²) in [4.78, 5) is 13.1. The number of rotatable bonds is 3. The summed E-state index contributed by atoms with van der Waals surface area (Å²) in [6.45, 7) is 8.05. The highest BCUT2D eigenvalue weighted by Gasteiger charge is 2.09. The van der Waals surface area contributed by atoms with Crippen LogP contribution in [0.4, 0.5) is 5.95 Å². The maximum atomic E-state index is 4.37. The Morgan fingerprint density at radius 3 is 2.33 bits per heavy atom. The summed E-state index contributed by atoms with van der Waals surface area (Å²) in [6.07, 6.45) is 1.82. The van der Waals surface area contributed by atoms with Crippen molar-refractivity contribution in [3.05, 3.63) is 47.0 Å². The predicted octanol–water partition coefficient (Wildman–Crippen LogP) is 2.97. The molecule has 0 saturated carbocycles. The highest BCUT2D eigenvalue weighted by molar-refractivity contribution is 5.32. The lowest BCUT2D eigenvalue weighted by Gasteiger charge is -2.14. The smallest absolute Gasteiger partial charge is 0.223 e. The molecule has 1 unspecified atom stereocenters. The summed E-state index contributed by atoms with van der Waals surface area (Å²) in [5.74, 6) is 0.656. The molecule has 2 heterocycles. The molecule has 0 aliphatic rings. The number of aryl methyl sites for hydroxylation is 3. The Labute approximate surface area is 108 Å². The van der Waals surface area contributed by atoms with Gasteiger partial charge < -0.3 is 5.32 Å². The van der Waals surface area contributed by atoms with Gasteiger partial charge in [0.1, 0.15) is 0 Å². The van der Waals surface area contributed by atoms with Crippen molar-refractivity contribution in [1.29, 1.82) is 0 Å². The van der Waals surface area contributed by atoms with Gasteiger partial charge in [0.05, 0.1) is 11.7 Å². The monoisotopic (exact) mass is 242 g/mol. The maximum absolute atomic E-state index is 4.37. The van der Waals surface area contributed by atoms with Crippen molar-refractivity contribution in [2.24, 2.45) is 0 Å². The van der Waals surface area contributed by atoms with Gasteiger partial charge in [-0.3, -0.25) is 4.98 Å². The summed E-state index contributed by atoms with van der Waals surface area (Å²) in [5.41, 5.74) is 4.14. The fourth-order valence-corrected chi connectivity index (χ4v) is 1.85. The molecule has 0 spiro atoms. The van der Waals surface area contributed by atoms with Crippen molar-refractivity contribution < 1.29 is 0 Å². The molecular weight excluding hydrogens is 224 g/mol. The first-order valence-electron chi connectivity index (χ1n) is 6.06. The zero-order valence-electron chi connectivity index (χ0n) is 11.2. The Morgan fingerprint density at radius 2 is 1.72 bits per heavy atom. The minimum absolute atomic E-state index is 0.0890. The molecule has 94 valence electrons. The normalized spacial score (nSPS) is 12.2. The molecule has 0 bridgehead atoms. The van der Waals surface area contributed by atoms with Crippen molar-refractivity contribution in [2.75, 3.05) is 5.32 Å². The van der Waals surface area contributed by atoms with Crippen LogP contribution in [-0.2, 0) is 0 Å². The molecule has 0 saturated heterocycles. The standard InChI is InChI=1S/C14H18N4/c1-9-5-6-15-13(7-9)12(4)18-14-16-10(2)8-11(3)17-14/h5-8,12H,1-4H3,(H,16,17,18). The van der Waals surface area contributed by atoms with Crippen LogP contribution in [0.2, 0.25) is 0 Å². The Hall–Kier alpha value is -1.97. The minimum Gasteiger partial charge on any atom is -0.346 e. The van der Waals surface area contributed by atoms with Gasteiger partial charge in [-0.25, -0.2) is 9.97 Å². The first-order chi connectivity index (χ1) is 8.54. The second kappa shape index (κ2) is 5.12. The molecule has 1 N–H and O–H groups in total. The van der Waals surface area contributed by atoms with Gasteiger partial charge in [0.25, 0.3) is 0 Å². The largest absolute Gasteiger partial charge is 0.346 e. The number of anilines is 1. The molecule has 2 aromatic heterocycles. The van der Waals surface area contributed by atoms with Gasteiger partial charge in [-0.15, -0.1) is 0 Å². The van der Waals surface area contributed by atoms with E-state index < -0.39 is 0 Å². The first-order valence-corrected chi connectivity index (χ1v) is 6.06. The van der Waals surface area contributed by atoms with Gasteiger partial charge in [0.15, 0.2) is 0 Å². The van der Waals surface area contributed by atoms with E-state index in [0.717, 1.165) is 17.1 Å². The van der Waals surface area contributed by atoms with Crippen LogP contribution in [0.5, 0.6) is 0 Å². The Morgan fingerprint density at radius 1 is 1.06 bits per heavy atom. The van der Waals surface area contributed by atoms with Crippen LogP contribution in [0, 0.1) is 20.8 Å². The Kier molecular flexibility index (Phi) is 3.55. The van der Waals surface area contributed by atoms with Crippen molar-refractivity contribution in [3.8, 4) is 0 Å². The van der Waals surface area contributed by atoms with Crippen LogP contribution in [0.1, 0.15) is 35.6 Å². The highest BCUT2D eigenvalue weighted by atomic mass is 15.1. The average molecular weight is 242 g/mol. The van der Waals surface area contributed by atoms with E-state index in [0.29, 0.717) is 5.95 Å². The summed E-state index contributed by atoms with van der Waals surface area (Å²) in [5, 5.41) is 3.28. The van der Waals surface area contributed by atoms with E-state index in [1.165, 1.54) is 5.56 Å². The lowest BCUT2D eigenvalue weighted by molar-refractivity contribution is 0.815. The van der Waals surface area contributed by atoms with E-state index in [9.17, 15) is 0 Å². The fourth-order valence-electron chi connectivity index (χ4n) is 1.85. The number of nitrogens with one attached hydrogen (secondary N) is 1. The lowest BCUT2D eigenvalue weighted by atomic mass is 10.1. The molecule has 4 nitrogen and oxygen atoms in total. The van der Waals surface area contributed by atoms with Crippen LogP contribution in [0.15, 0.2) is 24.4 Å². The van der Waals surface area contributed by atoms with Crippen LogP contribution in [-0.4, -0.2) is 15.0 Å². The van der Waals surface area contributed by atoms with Gasteiger partial charge in [0.2, 0.25) is 5.95 Å². The van der Waals surface area contributed by atoms with E-state index in [1.54, 1.807) is 0 Å².